The highest BCUT2D eigenvalue weighted by Gasteiger charge is 2.57. The van der Waals surface area contributed by atoms with Crippen molar-refractivity contribution in [3.05, 3.63) is 35.9 Å². The summed E-state index contributed by atoms with van der Waals surface area (Å²) in [5, 5.41) is 13.3. The molecule has 0 spiro atoms. The van der Waals surface area contributed by atoms with Crippen LogP contribution in [-0.2, 0) is 6.54 Å². The molecule has 20 heavy (non-hydrogen) atoms. The van der Waals surface area contributed by atoms with Gasteiger partial charge in [0, 0.05) is 19.2 Å². The Hall–Kier alpha value is -0.570. The standard InChI is InChI=1S/C17H25NO.ClH/c1-17(2)14-8-13(11-19)16(15(17)9-14)18-10-12-6-4-3-5-7-12;/h3-7,13-16,18-19H,8-11H2,1-2H3;1H/t13-,14+,15+,16+;/m1./s1. The van der Waals surface area contributed by atoms with Crippen LogP contribution in [0.15, 0.2) is 30.3 Å². The smallest absolute Gasteiger partial charge is 0.0474 e. The van der Waals surface area contributed by atoms with Crippen LogP contribution in [0.2, 0.25) is 0 Å². The van der Waals surface area contributed by atoms with Gasteiger partial charge < -0.3 is 10.4 Å². The molecule has 4 atom stereocenters. The third-order valence-corrected chi connectivity index (χ3v) is 5.69. The van der Waals surface area contributed by atoms with Crippen LogP contribution in [0.25, 0.3) is 0 Å². The highest BCUT2D eigenvalue weighted by Crippen LogP contribution is 2.60. The molecule has 0 radical (unpaired) electrons. The van der Waals surface area contributed by atoms with Crippen LogP contribution in [0.3, 0.4) is 0 Å². The summed E-state index contributed by atoms with van der Waals surface area (Å²) in [5.41, 5.74) is 1.79. The lowest BCUT2D eigenvalue weighted by Crippen LogP contribution is -2.63. The van der Waals surface area contributed by atoms with Crippen molar-refractivity contribution in [2.45, 2.75) is 39.3 Å². The second kappa shape index (κ2) is 6.05. The van der Waals surface area contributed by atoms with Gasteiger partial charge in [-0.15, -0.1) is 12.4 Å². The summed E-state index contributed by atoms with van der Waals surface area (Å²) in [6.45, 7) is 6.04. The summed E-state index contributed by atoms with van der Waals surface area (Å²) in [6.07, 6.45) is 2.53. The Kier molecular flexibility index (Phi) is 4.78. The largest absolute Gasteiger partial charge is 0.396 e. The number of benzene rings is 1. The predicted octanol–water partition coefficient (Wildman–Crippen LogP) is 3.24. The van der Waals surface area contributed by atoms with Gasteiger partial charge in [-0.25, -0.2) is 0 Å². The lowest BCUT2D eigenvalue weighted by molar-refractivity contribution is -0.123. The van der Waals surface area contributed by atoms with E-state index >= 15 is 0 Å². The zero-order valence-corrected chi connectivity index (χ0v) is 13.2. The van der Waals surface area contributed by atoms with Crippen LogP contribution in [0.1, 0.15) is 32.3 Å². The minimum Gasteiger partial charge on any atom is -0.396 e. The molecule has 3 saturated carbocycles. The molecule has 0 heterocycles. The van der Waals surface area contributed by atoms with Crippen molar-refractivity contribution in [3.63, 3.8) is 0 Å². The molecule has 0 saturated heterocycles. The average Bonchev–Trinajstić information content (AvgIpc) is 2.45. The molecular weight excluding hydrogens is 270 g/mol. The molecule has 3 aliphatic carbocycles. The molecule has 3 aliphatic rings. The van der Waals surface area contributed by atoms with Gasteiger partial charge in [0.2, 0.25) is 0 Å². The fourth-order valence-corrected chi connectivity index (χ4v) is 4.23. The lowest BCUT2D eigenvalue weighted by atomic mass is 9.45. The normalized spacial score (nSPS) is 34.0. The van der Waals surface area contributed by atoms with E-state index in [1.165, 1.54) is 18.4 Å². The predicted molar refractivity (Wildman–Crippen MR) is 84.9 cm³/mol. The molecule has 2 bridgehead atoms. The topological polar surface area (TPSA) is 32.3 Å². The van der Waals surface area contributed by atoms with E-state index in [9.17, 15) is 5.11 Å². The summed E-state index contributed by atoms with van der Waals surface area (Å²) >= 11 is 0. The monoisotopic (exact) mass is 295 g/mol. The van der Waals surface area contributed by atoms with E-state index in [1.54, 1.807) is 0 Å². The molecule has 1 aromatic rings. The highest BCUT2D eigenvalue weighted by molar-refractivity contribution is 5.85. The second-order valence-electron chi connectivity index (χ2n) is 6.93. The van der Waals surface area contributed by atoms with Gasteiger partial charge in [-0.1, -0.05) is 44.2 Å². The van der Waals surface area contributed by atoms with Crippen molar-refractivity contribution in [1.82, 2.24) is 5.32 Å². The Bertz CT molecular complexity index is 434. The number of hydrogen-bond acceptors (Lipinski definition) is 2. The molecule has 2 nitrogen and oxygen atoms in total. The van der Waals surface area contributed by atoms with E-state index in [4.69, 9.17) is 0 Å². The number of aliphatic hydroxyl groups excluding tert-OH is 1. The molecule has 0 aromatic heterocycles. The summed E-state index contributed by atoms with van der Waals surface area (Å²) < 4.78 is 0. The van der Waals surface area contributed by atoms with Crippen LogP contribution in [0.4, 0.5) is 0 Å². The number of rotatable bonds is 4. The first-order chi connectivity index (χ1) is 9.13. The zero-order valence-electron chi connectivity index (χ0n) is 12.4. The van der Waals surface area contributed by atoms with Crippen LogP contribution in [0.5, 0.6) is 0 Å². The van der Waals surface area contributed by atoms with Crippen molar-refractivity contribution in [3.8, 4) is 0 Å². The highest BCUT2D eigenvalue weighted by atomic mass is 35.5. The third-order valence-electron chi connectivity index (χ3n) is 5.69. The third kappa shape index (κ3) is 2.61. The minimum absolute atomic E-state index is 0. The van der Waals surface area contributed by atoms with Crippen molar-refractivity contribution < 1.29 is 5.11 Å². The first-order valence-corrected chi connectivity index (χ1v) is 7.51. The van der Waals surface area contributed by atoms with E-state index in [0.717, 1.165) is 18.4 Å². The van der Waals surface area contributed by atoms with Crippen LogP contribution in [0, 0.1) is 23.2 Å². The van der Waals surface area contributed by atoms with Gasteiger partial charge in [0.1, 0.15) is 0 Å². The average molecular weight is 296 g/mol. The molecular formula is C17H26ClNO. The lowest BCUT2D eigenvalue weighted by Gasteiger charge is -2.62. The number of fused-ring (bicyclic) bond motifs is 2. The molecule has 2 N–H and O–H groups in total. The van der Waals surface area contributed by atoms with Crippen molar-refractivity contribution in [2.75, 3.05) is 6.61 Å². The number of halogens is 1. The van der Waals surface area contributed by atoms with E-state index in [-0.39, 0.29) is 12.4 Å². The van der Waals surface area contributed by atoms with Crippen molar-refractivity contribution >= 4 is 12.4 Å². The Labute approximate surface area is 128 Å². The maximum Gasteiger partial charge on any atom is 0.0474 e. The molecule has 1 aromatic carbocycles. The molecule has 0 amide bonds. The quantitative estimate of drug-likeness (QED) is 0.894. The van der Waals surface area contributed by atoms with Crippen LogP contribution >= 0.6 is 12.4 Å². The van der Waals surface area contributed by atoms with Crippen LogP contribution in [-0.4, -0.2) is 17.8 Å². The second-order valence-corrected chi connectivity index (χ2v) is 6.93. The first kappa shape index (κ1) is 15.8. The van der Waals surface area contributed by atoms with Gasteiger partial charge in [0.05, 0.1) is 0 Å². The maximum atomic E-state index is 9.63. The van der Waals surface area contributed by atoms with Gasteiger partial charge in [0.25, 0.3) is 0 Å². The molecule has 3 heteroatoms. The van der Waals surface area contributed by atoms with Gasteiger partial charge in [-0.05, 0) is 41.6 Å². The summed E-state index contributed by atoms with van der Waals surface area (Å²) in [7, 11) is 0. The number of hydrogen-bond donors (Lipinski definition) is 2. The van der Waals surface area contributed by atoms with Gasteiger partial charge in [-0.2, -0.15) is 0 Å². The van der Waals surface area contributed by atoms with Crippen molar-refractivity contribution in [2.24, 2.45) is 23.2 Å². The Morgan fingerprint density at radius 1 is 1.20 bits per heavy atom. The Morgan fingerprint density at radius 3 is 2.50 bits per heavy atom. The van der Waals surface area contributed by atoms with Crippen LogP contribution < -0.4 is 5.32 Å². The Balaban J connectivity index is 0.00000147. The SMILES string of the molecule is CC1(C)[C@H]2C[C@H](CO)[C@H](NCc3ccccc3)[C@@H]1C2.Cl. The fraction of sp³-hybridized carbons (Fsp3) is 0.647. The van der Waals surface area contributed by atoms with Gasteiger partial charge in [0.15, 0.2) is 0 Å². The number of aliphatic hydroxyl groups is 1. The summed E-state index contributed by atoms with van der Waals surface area (Å²) in [5.74, 6) is 2.00. The number of nitrogens with one attached hydrogen (secondary N) is 1. The van der Waals surface area contributed by atoms with Gasteiger partial charge in [-0.3, -0.25) is 0 Å². The molecule has 0 unspecified atom stereocenters. The van der Waals surface area contributed by atoms with Crippen molar-refractivity contribution in [1.29, 1.82) is 0 Å². The van der Waals surface area contributed by atoms with E-state index in [1.807, 2.05) is 0 Å². The van der Waals surface area contributed by atoms with E-state index in [0.29, 0.717) is 24.0 Å². The maximum absolute atomic E-state index is 9.63. The zero-order chi connectivity index (χ0) is 13.5. The summed E-state index contributed by atoms with van der Waals surface area (Å²) in [6, 6.07) is 11.0. The minimum atomic E-state index is 0. The summed E-state index contributed by atoms with van der Waals surface area (Å²) in [4.78, 5) is 0. The molecule has 4 rings (SSSR count). The van der Waals surface area contributed by atoms with E-state index in [2.05, 4.69) is 49.5 Å². The Morgan fingerprint density at radius 2 is 1.90 bits per heavy atom. The van der Waals surface area contributed by atoms with E-state index < -0.39 is 0 Å². The fourth-order valence-electron chi connectivity index (χ4n) is 4.23. The molecule has 112 valence electrons. The first-order valence-electron chi connectivity index (χ1n) is 7.51. The molecule has 3 fully saturated rings. The van der Waals surface area contributed by atoms with Gasteiger partial charge >= 0.3 is 0 Å². The molecule has 0 aliphatic heterocycles.